The molecule has 0 bridgehead atoms. The SMILES string of the molecule is COCCOCCOCCOCCOCCOc1ccc(OCc2cc(Br)c(COc3ccc(OCc4cc(OCc5cc(OCc6ccccc6)cc(OCc6ccccc6)c5)cc(OCc5cc(OCc6ccccc6)cc(OCc6ccccc6)c5)c4)cc3)cc2Br)cc1. The van der Waals surface area contributed by atoms with E-state index in [1.165, 1.54) is 0 Å². The molecule has 10 aromatic rings. The molecular weight excluding hydrogens is 1360 g/mol. The first-order valence-corrected chi connectivity index (χ1v) is 33.7. The second kappa shape index (κ2) is 39.9. The van der Waals surface area contributed by atoms with Gasteiger partial charge in [0.1, 0.15) is 124 Å². The van der Waals surface area contributed by atoms with Crippen molar-refractivity contribution in [3.05, 3.63) is 296 Å². The first-order valence-electron chi connectivity index (χ1n) is 32.1. The van der Waals surface area contributed by atoms with Gasteiger partial charge in [-0.25, -0.2) is 0 Å². The van der Waals surface area contributed by atoms with E-state index in [9.17, 15) is 0 Å². The van der Waals surface area contributed by atoms with Crippen LogP contribution in [0.2, 0.25) is 0 Å². The lowest BCUT2D eigenvalue weighted by atomic mass is 10.1. The van der Waals surface area contributed by atoms with Gasteiger partial charge in [0, 0.05) is 45.4 Å². The second-order valence-electron chi connectivity index (χ2n) is 22.2. The Bertz CT molecular complexity index is 3610. The molecule has 0 atom stereocenters. The standard InChI is InChI=1S/C80H80Br2O15/c1-83-30-31-84-32-33-85-34-35-86-36-37-87-38-39-88-69-22-24-71(25-23-69)96-58-67-46-80(82)68(47-79(67)81)59-97-72-28-26-70(27-29-72)89-55-64-40-77(94-56-65-42-73(90-51-60-14-6-2-7-15-60)48-74(43-65)91-52-61-16-8-3-9-17-61)50-78(41-64)95-57-66-44-75(92-53-62-18-10-4-11-19-62)49-76(45-66)93-54-63-20-12-5-13-21-63/h2-29,40-50H,30-39,51-59H2,1H3. The average Bonchev–Trinajstić information content (AvgIpc) is 1.33. The summed E-state index contributed by atoms with van der Waals surface area (Å²) in [4.78, 5) is 0. The Labute approximate surface area is 585 Å². The lowest BCUT2D eigenvalue weighted by Crippen LogP contribution is -2.14. The van der Waals surface area contributed by atoms with Gasteiger partial charge in [0.25, 0.3) is 0 Å². The van der Waals surface area contributed by atoms with Gasteiger partial charge < -0.3 is 71.1 Å². The summed E-state index contributed by atoms with van der Waals surface area (Å²) in [6.07, 6.45) is 0. The van der Waals surface area contributed by atoms with Crippen LogP contribution in [0, 0.1) is 0 Å². The van der Waals surface area contributed by atoms with Gasteiger partial charge in [-0.15, -0.1) is 0 Å². The number of rotatable bonds is 43. The van der Waals surface area contributed by atoms with E-state index in [-0.39, 0.29) is 19.8 Å². The zero-order valence-electron chi connectivity index (χ0n) is 54.3. The van der Waals surface area contributed by atoms with Crippen molar-refractivity contribution in [3.63, 3.8) is 0 Å². The van der Waals surface area contributed by atoms with Crippen molar-refractivity contribution in [1.82, 2.24) is 0 Å². The van der Waals surface area contributed by atoms with E-state index < -0.39 is 0 Å². The van der Waals surface area contributed by atoms with Gasteiger partial charge in [0.05, 0.1) is 59.5 Å². The molecule has 0 unspecified atom stereocenters. The molecule has 0 aliphatic carbocycles. The maximum Gasteiger partial charge on any atom is 0.123 e. The van der Waals surface area contributed by atoms with E-state index >= 15 is 0 Å². The molecule has 15 nitrogen and oxygen atoms in total. The van der Waals surface area contributed by atoms with Crippen molar-refractivity contribution in [2.75, 3.05) is 73.2 Å². The van der Waals surface area contributed by atoms with Crippen LogP contribution in [0.3, 0.4) is 0 Å². The van der Waals surface area contributed by atoms with Gasteiger partial charge in [-0.3, -0.25) is 0 Å². The molecule has 0 fully saturated rings. The zero-order chi connectivity index (χ0) is 66.7. The minimum Gasteiger partial charge on any atom is -0.491 e. The Kier molecular flexibility index (Phi) is 29.1. The fraction of sp³-hybridized carbons (Fsp3) is 0.250. The van der Waals surface area contributed by atoms with E-state index in [0.29, 0.717) is 157 Å². The smallest absolute Gasteiger partial charge is 0.123 e. The quantitative estimate of drug-likeness (QED) is 0.0335. The van der Waals surface area contributed by atoms with E-state index in [0.717, 1.165) is 64.8 Å². The third kappa shape index (κ3) is 25.5. The lowest BCUT2D eigenvalue weighted by Gasteiger charge is -2.16. The van der Waals surface area contributed by atoms with Gasteiger partial charge in [0.2, 0.25) is 0 Å². The van der Waals surface area contributed by atoms with Gasteiger partial charge in [-0.2, -0.15) is 0 Å². The predicted molar refractivity (Wildman–Crippen MR) is 379 cm³/mol. The van der Waals surface area contributed by atoms with E-state index in [1.807, 2.05) is 237 Å². The molecule has 0 amide bonds. The highest BCUT2D eigenvalue weighted by Crippen LogP contribution is 2.33. The van der Waals surface area contributed by atoms with Crippen molar-refractivity contribution in [2.45, 2.75) is 59.5 Å². The number of ether oxygens (including phenoxy) is 15. The van der Waals surface area contributed by atoms with Crippen LogP contribution < -0.4 is 47.4 Å². The maximum atomic E-state index is 6.64. The molecule has 0 N–H and O–H groups in total. The minimum absolute atomic E-state index is 0.208. The molecule has 97 heavy (non-hydrogen) atoms. The molecule has 10 rings (SSSR count). The van der Waals surface area contributed by atoms with Gasteiger partial charge in [-0.05, 0) is 136 Å². The van der Waals surface area contributed by atoms with Crippen LogP contribution in [-0.2, 0) is 83.1 Å². The van der Waals surface area contributed by atoms with Gasteiger partial charge >= 0.3 is 0 Å². The summed E-state index contributed by atoms with van der Waals surface area (Å²) in [5.74, 6) is 6.58. The zero-order valence-corrected chi connectivity index (χ0v) is 57.5. The van der Waals surface area contributed by atoms with Crippen molar-refractivity contribution >= 4 is 31.9 Å². The monoisotopic (exact) mass is 1440 g/mol. The molecule has 17 heteroatoms. The summed E-state index contributed by atoms with van der Waals surface area (Å²) in [5, 5.41) is 0. The number of hydrogen-bond donors (Lipinski definition) is 0. The highest BCUT2D eigenvalue weighted by Gasteiger charge is 2.14. The van der Waals surface area contributed by atoms with Gasteiger partial charge in [0.15, 0.2) is 0 Å². The Morgan fingerprint density at radius 2 is 0.433 bits per heavy atom. The molecule has 0 aromatic heterocycles. The summed E-state index contributed by atoms with van der Waals surface area (Å²) >= 11 is 7.53. The fourth-order valence-corrected chi connectivity index (χ4v) is 10.7. The number of hydrogen-bond acceptors (Lipinski definition) is 15. The molecule has 0 spiro atoms. The number of methoxy groups -OCH3 is 1. The largest absolute Gasteiger partial charge is 0.491 e. The fourth-order valence-electron chi connectivity index (χ4n) is 9.66. The average molecular weight is 1440 g/mol. The van der Waals surface area contributed by atoms with Crippen molar-refractivity contribution in [1.29, 1.82) is 0 Å². The Morgan fingerprint density at radius 3 is 0.711 bits per heavy atom. The first-order chi connectivity index (χ1) is 47.8. The van der Waals surface area contributed by atoms with Crippen LogP contribution >= 0.6 is 31.9 Å². The third-order valence-electron chi connectivity index (χ3n) is 14.7. The van der Waals surface area contributed by atoms with Crippen LogP contribution in [0.5, 0.6) is 57.5 Å². The Hall–Kier alpha value is -9.04. The van der Waals surface area contributed by atoms with E-state index in [2.05, 4.69) is 31.9 Å². The molecule has 0 aliphatic heterocycles. The Balaban J connectivity index is 0.743. The van der Waals surface area contributed by atoms with Crippen molar-refractivity contribution < 1.29 is 71.1 Å². The molecule has 10 aromatic carbocycles. The highest BCUT2D eigenvalue weighted by atomic mass is 79.9. The van der Waals surface area contributed by atoms with E-state index in [1.54, 1.807) is 7.11 Å². The van der Waals surface area contributed by atoms with Crippen LogP contribution in [0.4, 0.5) is 0 Å². The van der Waals surface area contributed by atoms with E-state index in [4.69, 9.17) is 71.1 Å². The lowest BCUT2D eigenvalue weighted by molar-refractivity contribution is -0.00978. The van der Waals surface area contributed by atoms with Crippen LogP contribution in [0.1, 0.15) is 50.1 Å². The predicted octanol–water partition coefficient (Wildman–Crippen LogP) is 17.5. The molecule has 0 radical (unpaired) electrons. The Morgan fingerprint density at radius 1 is 0.206 bits per heavy atom. The highest BCUT2D eigenvalue weighted by molar-refractivity contribution is 9.11. The summed E-state index contributed by atoms with van der Waals surface area (Å²) in [5.41, 5.74) is 8.67. The molecule has 0 saturated carbocycles. The summed E-state index contributed by atoms with van der Waals surface area (Å²) in [7, 11) is 1.65. The molecule has 504 valence electrons. The first kappa shape index (κ1) is 70.8. The van der Waals surface area contributed by atoms with Crippen molar-refractivity contribution in [3.8, 4) is 57.5 Å². The van der Waals surface area contributed by atoms with Crippen LogP contribution in [0.15, 0.2) is 246 Å². The number of halogens is 2. The van der Waals surface area contributed by atoms with Crippen LogP contribution in [0.25, 0.3) is 0 Å². The van der Waals surface area contributed by atoms with Gasteiger partial charge in [-0.1, -0.05) is 153 Å². The molecule has 0 heterocycles. The topological polar surface area (TPSA) is 138 Å². The molecule has 0 saturated heterocycles. The van der Waals surface area contributed by atoms with Crippen molar-refractivity contribution in [2.24, 2.45) is 0 Å². The number of benzene rings is 10. The maximum absolute atomic E-state index is 6.64. The molecule has 0 aliphatic rings. The van der Waals surface area contributed by atoms with Crippen LogP contribution in [-0.4, -0.2) is 73.2 Å². The summed E-state index contributed by atoms with van der Waals surface area (Å²) in [6, 6.07) is 77.0. The summed E-state index contributed by atoms with van der Waals surface area (Å²) < 4.78 is 92.2. The molecular formula is C80H80Br2O15. The summed E-state index contributed by atoms with van der Waals surface area (Å²) in [6.45, 7) is 7.87. The normalized spacial score (nSPS) is 11.0. The third-order valence-corrected chi connectivity index (χ3v) is 16.2. The minimum atomic E-state index is 0.208. The second-order valence-corrected chi connectivity index (χ2v) is 24.0.